The van der Waals surface area contributed by atoms with Gasteiger partial charge in [0.1, 0.15) is 6.23 Å². The quantitative estimate of drug-likeness (QED) is 0.541. The number of hydrogen-bond acceptors (Lipinski definition) is 4. The van der Waals surface area contributed by atoms with Gasteiger partial charge < -0.3 is 10.1 Å². The molecule has 0 aromatic rings. The van der Waals surface area contributed by atoms with Crippen molar-refractivity contribution in [2.45, 2.75) is 6.23 Å². The first kappa shape index (κ1) is 8.92. The van der Waals surface area contributed by atoms with Crippen molar-refractivity contribution in [2.24, 2.45) is 0 Å². The van der Waals surface area contributed by atoms with Crippen molar-refractivity contribution >= 4 is 10.0 Å². The zero-order valence-corrected chi connectivity index (χ0v) is 7.15. The van der Waals surface area contributed by atoms with Gasteiger partial charge in [0.2, 0.25) is 10.0 Å². The molecule has 6 heteroatoms. The van der Waals surface area contributed by atoms with Crippen LogP contribution in [0.2, 0.25) is 0 Å². The molecule has 1 rings (SSSR count). The molecule has 1 fully saturated rings. The summed E-state index contributed by atoms with van der Waals surface area (Å²) >= 11 is 0. The lowest BCUT2D eigenvalue weighted by Crippen LogP contribution is -2.48. The average molecular weight is 180 g/mol. The zero-order valence-electron chi connectivity index (χ0n) is 6.33. The highest BCUT2D eigenvalue weighted by Gasteiger charge is 2.16. The second-order valence-corrected chi connectivity index (χ2v) is 4.23. The fraction of sp³-hybridized carbons (Fsp3) is 1.00. The van der Waals surface area contributed by atoms with E-state index in [4.69, 9.17) is 4.74 Å². The smallest absolute Gasteiger partial charge is 0.210 e. The van der Waals surface area contributed by atoms with E-state index in [0.717, 1.165) is 12.8 Å². The number of ether oxygens (including phenoxy) is 1. The molecule has 0 spiro atoms. The Labute approximate surface area is 66.2 Å². The first-order valence-corrected chi connectivity index (χ1v) is 5.27. The SMILES string of the molecule is CS(=O)(=O)NC1CNCCO1. The molecule has 1 aliphatic rings. The average Bonchev–Trinajstić information content (AvgIpc) is 1.85. The largest absolute Gasteiger partial charge is 0.360 e. The van der Waals surface area contributed by atoms with E-state index in [1.165, 1.54) is 0 Å². The molecular weight excluding hydrogens is 168 g/mol. The van der Waals surface area contributed by atoms with Crippen LogP contribution >= 0.6 is 0 Å². The fourth-order valence-electron chi connectivity index (χ4n) is 0.880. The van der Waals surface area contributed by atoms with E-state index in [-0.39, 0.29) is 0 Å². The highest BCUT2D eigenvalue weighted by Crippen LogP contribution is 1.92. The van der Waals surface area contributed by atoms with E-state index >= 15 is 0 Å². The monoisotopic (exact) mass is 180 g/mol. The number of rotatable bonds is 2. The van der Waals surface area contributed by atoms with Gasteiger partial charge >= 0.3 is 0 Å². The van der Waals surface area contributed by atoms with Crippen LogP contribution in [0.15, 0.2) is 0 Å². The van der Waals surface area contributed by atoms with Gasteiger partial charge in [-0.3, -0.25) is 0 Å². The maximum atomic E-state index is 10.7. The summed E-state index contributed by atoms with van der Waals surface area (Å²) in [7, 11) is -3.14. The van der Waals surface area contributed by atoms with Crippen molar-refractivity contribution < 1.29 is 13.2 Å². The summed E-state index contributed by atoms with van der Waals surface area (Å²) in [5, 5.41) is 3.01. The van der Waals surface area contributed by atoms with E-state index in [1.807, 2.05) is 0 Å². The molecule has 0 saturated carbocycles. The minimum Gasteiger partial charge on any atom is -0.360 e. The summed E-state index contributed by atoms with van der Waals surface area (Å²) < 4.78 is 28.8. The molecule has 5 nitrogen and oxygen atoms in total. The number of nitrogens with one attached hydrogen (secondary N) is 2. The highest BCUT2D eigenvalue weighted by atomic mass is 32.2. The molecule has 0 aromatic heterocycles. The van der Waals surface area contributed by atoms with E-state index in [2.05, 4.69) is 10.0 Å². The van der Waals surface area contributed by atoms with Crippen molar-refractivity contribution in [2.75, 3.05) is 26.0 Å². The normalized spacial score (nSPS) is 26.8. The predicted octanol–water partition coefficient (Wildman–Crippen LogP) is -1.52. The Morgan fingerprint density at radius 1 is 1.64 bits per heavy atom. The highest BCUT2D eigenvalue weighted by molar-refractivity contribution is 7.88. The van der Waals surface area contributed by atoms with E-state index in [1.54, 1.807) is 0 Å². The molecule has 1 heterocycles. The molecule has 11 heavy (non-hydrogen) atoms. The van der Waals surface area contributed by atoms with Crippen LogP contribution in [0.5, 0.6) is 0 Å². The van der Waals surface area contributed by atoms with Crippen molar-refractivity contribution in [1.29, 1.82) is 0 Å². The first-order valence-electron chi connectivity index (χ1n) is 3.37. The third kappa shape index (κ3) is 3.66. The first-order chi connectivity index (χ1) is 5.08. The Hall–Kier alpha value is -0.170. The Bertz CT molecular complexity index is 208. The van der Waals surface area contributed by atoms with Gasteiger partial charge in [0.25, 0.3) is 0 Å². The van der Waals surface area contributed by atoms with Crippen LogP contribution in [0, 0.1) is 0 Å². The van der Waals surface area contributed by atoms with Gasteiger partial charge in [-0.2, -0.15) is 4.72 Å². The number of sulfonamides is 1. The molecular formula is C5H12N2O3S. The lowest BCUT2D eigenvalue weighted by molar-refractivity contribution is 0.0221. The topological polar surface area (TPSA) is 67.4 Å². The Kier molecular flexibility index (Phi) is 2.83. The van der Waals surface area contributed by atoms with Gasteiger partial charge in [-0.15, -0.1) is 0 Å². The summed E-state index contributed by atoms with van der Waals surface area (Å²) in [5.41, 5.74) is 0. The molecule has 0 aromatic carbocycles. The maximum Gasteiger partial charge on any atom is 0.210 e. The molecule has 0 radical (unpaired) electrons. The van der Waals surface area contributed by atoms with Gasteiger partial charge in [0.05, 0.1) is 12.9 Å². The van der Waals surface area contributed by atoms with Gasteiger partial charge in [-0.25, -0.2) is 8.42 Å². The van der Waals surface area contributed by atoms with Crippen molar-refractivity contribution in [3.05, 3.63) is 0 Å². The molecule has 1 aliphatic heterocycles. The summed E-state index contributed by atoms with van der Waals surface area (Å²) in [6.45, 7) is 1.86. The third-order valence-corrected chi connectivity index (χ3v) is 1.96. The predicted molar refractivity (Wildman–Crippen MR) is 40.6 cm³/mol. The summed E-state index contributed by atoms with van der Waals surface area (Å²) in [4.78, 5) is 0. The van der Waals surface area contributed by atoms with Crippen LogP contribution in [0.25, 0.3) is 0 Å². The summed E-state index contributed by atoms with van der Waals surface area (Å²) in [6, 6.07) is 0. The van der Waals surface area contributed by atoms with E-state index in [0.29, 0.717) is 13.2 Å². The molecule has 0 bridgehead atoms. The molecule has 1 atom stereocenters. The minimum atomic E-state index is -3.14. The van der Waals surface area contributed by atoms with Crippen LogP contribution in [0.4, 0.5) is 0 Å². The second kappa shape index (κ2) is 3.48. The molecule has 0 amide bonds. The summed E-state index contributed by atoms with van der Waals surface area (Å²) in [6.07, 6.45) is 0.712. The van der Waals surface area contributed by atoms with Gasteiger partial charge in [0.15, 0.2) is 0 Å². The van der Waals surface area contributed by atoms with Crippen LogP contribution in [-0.2, 0) is 14.8 Å². The van der Waals surface area contributed by atoms with Crippen molar-refractivity contribution in [3.63, 3.8) is 0 Å². The third-order valence-electron chi connectivity index (χ3n) is 1.27. The van der Waals surface area contributed by atoms with Crippen molar-refractivity contribution in [3.8, 4) is 0 Å². The van der Waals surface area contributed by atoms with Crippen LogP contribution < -0.4 is 10.0 Å². The molecule has 0 aliphatic carbocycles. The zero-order chi connectivity index (χ0) is 8.32. The summed E-state index contributed by atoms with van der Waals surface area (Å²) in [5.74, 6) is 0. The lowest BCUT2D eigenvalue weighted by atomic mass is 10.5. The number of hydrogen-bond donors (Lipinski definition) is 2. The van der Waals surface area contributed by atoms with Crippen LogP contribution in [0.1, 0.15) is 0 Å². The second-order valence-electron chi connectivity index (χ2n) is 2.45. The van der Waals surface area contributed by atoms with Crippen LogP contribution in [-0.4, -0.2) is 40.6 Å². The van der Waals surface area contributed by atoms with Crippen LogP contribution in [0.3, 0.4) is 0 Å². The van der Waals surface area contributed by atoms with Gasteiger partial charge in [-0.1, -0.05) is 0 Å². The fourth-order valence-corrected chi connectivity index (χ4v) is 1.51. The van der Waals surface area contributed by atoms with Gasteiger partial charge in [0, 0.05) is 13.1 Å². The van der Waals surface area contributed by atoms with E-state index < -0.39 is 16.3 Å². The minimum absolute atomic E-state index is 0.404. The van der Waals surface area contributed by atoms with Gasteiger partial charge in [-0.05, 0) is 0 Å². The molecule has 1 unspecified atom stereocenters. The van der Waals surface area contributed by atoms with E-state index in [9.17, 15) is 8.42 Å². The lowest BCUT2D eigenvalue weighted by Gasteiger charge is -2.23. The molecule has 66 valence electrons. The van der Waals surface area contributed by atoms with Crippen molar-refractivity contribution in [1.82, 2.24) is 10.0 Å². The maximum absolute atomic E-state index is 10.7. The Morgan fingerprint density at radius 2 is 2.36 bits per heavy atom. The Morgan fingerprint density at radius 3 is 2.82 bits per heavy atom. The Balaban J connectivity index is 2.36. The standard InChI is InChI=1S/C5H12N2O3S/c1-11(8,9)7-5-4-6-2-3-10-5/h5-7H,2-4H2,1H3. The number of morpholine rings is 1. The molecule has 1 saturated heterocycles. The molecule has 2 N–H and O–H groups in total.